The fraction of sp³-hybridized carbons (Fsp3) is 0.444. The molecule has 12 heteroatoms. The van der Waals surface area contributed by atoms with Crippen LogP contribution in [0.4, 0.5) is 5.69 Å². The third-order valence-corrected chi connectivity index (χ3v) is 10.2. The quantitative estimate of drug-likeness (QED) is 0.234. The molecule has 5 atom stereocenters. The highest BCUT2D eigenvalue weighted by atomic mass is 16.3. The summed E-state index contributed by atoms with van der Waals surface area (Å²) in [5.41, 5.74) is 4.28. The molecule has 0 heterocycles. The van der Waals surface area contributed by atoms with Gasteiger partial charge in [-0.2, -0.15) is 0 Å². The number of primary amides is 1. The Morgan fingerprint density at radius 3 is 2.23 bits per heavy atom. The van der Waals surface area contributed by atoms with E-state index in [2.05, 4.69) is 0 Å². The molecule has 5 rings (SSSR count). The van der Waals surface area contributed by atoms with Crippen molar-refractivity contribution in [2.45, 2.75) is 49.8 Å². The van der Waals surface area contributed by atoms with Crippen LogP contribution in [0, 0.1) is 11.8 Å². The van der Waals surface area contributed by atoms with Gasteiger partial charge >= 0.3 is 0 Å². The van der Waals surface area contributed by atoms with Gasteiger partial charge in [0.05, 0.1) is 17.6 Å². The molecule has 0 saturated heterocycles. The smallest absolute Gasteiger partial charge is 0.255 e. The van der Waals surface area contributed by atoms with Gasteiger partial charge in [0.2, 0.25) is 5.78 Å². The molecule has 3 aliphatic rings. The molecule has 3 aliphatic carbocycles. The Morgan fingerprint density at radius 2 is 1.67 bits per heavy atom. The number of nitrogens with two attached hydrogens (primary N) is 1. The first-order valence-electron chi connectivity index (χ1n) is 15.9. The third kappa shape index (κ3) is 5.57. The van der Waals surface area contributed by atoms with Gasteiger partial charge in [-0.15, -0.1) is 0 Å². The van der Waals surface area contributed by atoms with E-state index >= 15 is 0 Å². The molecule has 0 spiro atoms. The summed E-state index contributed by atoms with van der Waals surface area (Å²) in [6.07, 6.45) is 0.953. The molecule has 256 valence electrons. The summed E-state index contributed by atoms with van der Waals surface area (Å²) in [7, 11) is 10.4. The van der Waals surface area contributed by atoms with Crippen molar-refractivity contribution in [1.82, 2.24) is 9.80 Å². The summed E-state index contributed by atoms with van der Waals surface area (Å²) in [6, 6.07) is 9.91. The van der Waals surface area contributed by atoms with Gasteiger partial charge in [0.25, 0.3) is 5.91 Å². The molecule has 0 aromatic heterocycles. The first kappa shape index (κ1) is 34.8. The molecule has 0 aliphatic heterocycles. The fourth-order valence-electron chi connectivity index (χ4n) is 7.78. The second-order valence-electron chi connectivity index (χ2n) is 13.7. The van der Waals surface area contributed by atoms with Crippen LogP contribution in [0.5, 0.6) is 5.75 Å². The van der Waals surface area contributed by atoms with Crippen molar-refractivity contribution in [3.05, 3.63) is 75.6 Å². The number of amides is 1. The number of fused-ring (bicyclic) bond motifs is 3. The van der Waals surface area contributed by atoms with E-state index in [0.717, 1.165) is 5.56 Å². The maximum absolute atomic E-state index is 14.2. The van der Waals surface area contributed by atoms with Gasteiger partial charge < -0.3 is 31.1 Å². The molecular formula is C36H44N4O8. The number of phenolic OH excluding ortho intramolecular Hbond substituents is 1. The normalized spacial score (nSPS) is 24.4. The van der Waals surface area contributed by atoms with Crippen molar-refractivity contribution >= 4 is 34.7 Å². The number of hydrogen-bond donors (Lipinski definition) is 5. The molecule has 6 N–H and O–H groups in total. The molecule has 48 heavy (non-hydrogen) atoms. The standard InChI is InChI=1S/C36H44N4O8/c1-38(2)23-17-19(12-13-25(41)24(39(3)4)14-18-10-8-7-9-11-18)30(42)27-21(23)15-20-16-22-29(40(5)6)32(44)28(35(37)47)34(46)36(22,48)33(45)26(20)31(27)43/h7-11,17,20,22,24,29,42-43,46,48H,12-16H2,1-6H3,(H2,37,47)/t20-,22-,24?,29-,36-/m1/s1. The number of ketones is 3. The van der Waals surface area contributed by atoms with Crippen molar-refractivity contribution in [2.75, 3.05) is 47.2 Å². The average molecular weight is 661 g/mol. The van der Waals surface area contributed by atoms with Gasteiger partial charge in [0, 0.05) is 37.7 Å². The summed E-state index contributed by atoms with van der Waals surface area (Å²) in [5.74, 6) is -7.00. The van der Waals surface area contributed by atoms with E-state index in [9.17, 15) is 39.6 Å². The maximum Gasteiger partial charge on any atom is 0.255 e. The number of phenols is 1. The summed E-state index contributed by atoms with van der Waals surface area (Å²) in [5, 5.41) is 46.4. The second kappa shape index (κ2) is 12.8. The van der Waals surface area contributed by atoms with Crippen LogP contribution in [-0.2, 0) is 38.4 Å². The van der Waals surface area contributed by atoms with Crippen molar-refractivity contribution < 1.29 is 39.6 Å². The van der Waals surface area contributed by atoms with Gasteiger partial charge in [-0.05, 0) is 82.5 Å². The molecule has 1 unspecified atom stereocenters. The zero-order valence-corrected chi connectivity index (χ0v) is 28.1. The van der Waals surface area contributed by atoms with Crippen molar-refractivity contribution in [1.29, 1.82) is 0 Å². The minimum atomic E-state index is -2.71. The van der Waals surface area contributed by atoms with E-state index < -0.39 is 64.1 Å². The Morgan fingerprint density at radius 1 is 1.02 bits per heavy atom. The lowest BCUT2D eigenvalue weighted by Crippen LogP contribution is -2.65. The van der Waals surface area contributed by atoms with Gasteiger partial charge in [-0.25, -0.2) is 0 Å². The van der Waals surface area contributed by atoms with Crippen LogP contribution in [0.15, 0.2) is 53.3 Å². The number of aromatic hydroxyl groups is 1. The lowest BCUT2D eigenvalue weighted by Gasteiger charge is -2.50. The molecule has 0 radical (unpaired) electrons. The number of likely N-dealkylation sites (N-methyl/N-ethyl adjacent to an activating group) is 2. The van der Waals surface area contributed by atoms with E-state index in [1.807, 2.05) is 54.2 Å². The Labute approximate surface area is 279 Å². The number of hydrogen-bond acceptors (Lipinski definition) is 11. The fourth-order valence-corrected chi connectivity index (χ4v) is 7.78. The van der Waals surface area contributed by atoms with Crippen molar-refractivity contribution in [3.8, 4) is 5.75 Å². The first-order valence-corrected chi connectivity index (χ1v) is 15.9. The predicted molar refractivity (Wildman–Crippen MR) is 180 cm³/mol. The molecule has 1 fully saturated rings. The van der Waals surface area contributed by atoms with Crippen LogP contribution in [0.3, 0.4) is 0 Å². The first-order chi connectivity index (χ1) is 22.5. The van der Waals surface area contributed by atoms with Crippen molar-refractivity contribution in [3.63, 3.8) is 0 Å². The molecule has 2 aromatic carbocycles. The monoisotopic (exact) mass is 660 g/mol. The number of Topliss-reactive ketones (excluding diaryl/α,β-unsaturated/α-hetero) is 3. The maximum atomic E-state index is 14.2. The lowest BCUT2D eigenvalue weighted by molar-refractivity contribution is -0.153. The lowest BCUT2D eigenvalue weighted by atomic mass is 9.57. The van der Waals surface area contributed by atoms with Gasteiger partial charge in [0.15, 0.2) is 17.2 Å². The summed E-state index contributed by atoms with van der Waals surface area (Å²) >= 11 is 0. The van der Waals surface area contributed by atoms with E-state index in [4.69, 9.17) is 5.73 Å². The Kier molecular flexibility index (Phi) is 9.30. The highest BCUT2D eigenvalue weighted by molar-refractivity contribution is 6.24. The molecule has 1 amide bonds. The second-order valence-corrected chi connectivity index (χ2v) is 13.7. The van der Waals surface area contributed by atoms with Gasteiger partial charge in [0.1, 0.15) is 22.8 Å². The Balaban J connectivity index is 1.56. The summed E-state index contributed by atoms with van der Waals surface area (Å²) < 4.78 is 0. The zero-order valence-electron chi connectivity index (χ0n) is 28.1. The molecular weight excluding hydrogens is 616 g/mol. The molecule has 1 saturated carbocycles. The highest BCUT2D eigenvalue weighted by Gasteiger charge is 2.64. The van der Waals surface area contributed by atoms with Crippen LogP contribution in [0.1, 0.15) is 35.1 Å². The summed E-state index contributed by atoms with van der Waals surface area (Å²) in [4.78, 5) is 58.5. The SMILES string of the molecule is CN(C)c1cc(CCC(=O)C(Cc2ccccc2)N(C)C)c(O)c2c1C[C@@H]1C[C@@H]3[C@@H](N(C)C)C(=O)C(C(N)=O)=C(O)[C@]3(O)C(=O)C1=C2O. The summed E-state index contributed by atoms with van der Waals surface area (Å²) in [6.45, 7) is 0. The minimum Gasteiger partial charge on any atom is -0.508 e. The van der Waals surface area contributed by atoms with Gasteiger partial charge in [-0.1, -0.05) is 30.3 Å². The van der Waals surface area contributed by atoms with Crippen LogP contribution >= 0.6 is 0 Å². The van der Waals surface area contributed by atoms with Crippen molar-refractivity contribution in [2.24, 2.45) is 17.6 Å². The Hall–Kier alpha value is -4.52. The number of anilines is 1. The molecule has 12 nitrogen and oxygen atoms in total. The topological polar surface area (TPSA) is 185 Å². The number of carbonyl (C=O) groups excluding carboxylic acids is 4. The van der Waals surface area contributed by atoms with Gasteiger partial charge in [-0.3, -0.25) is 29.0 Å². The average Bonchev–Trinajstić information content (AvgIpc) is 3.01. The highest BCUT2D eigenvalue weighted by Crippen LogP contribution is 2.54. The number of aliphatic hydroxyl groups is 3. The number of carbonyl (C=O) groups is 4. The van der Waals surface area contributed by atoms with E-state index in [0.29, 0.717) is 23.2 Å². The third-order valence-electron chi connectivity index (χ3n) is 10.2. The molecule has 0 bridgehead atoms. The van der Waals surface area contributed by atoms with Crippen LogP contribution in [0.25, 0.3) is 5.76 Å². The largest absolute Gasteiger partial charge is 0.508 e. The van der Waals surface area contributed by atoms with E-state index in [-0.39, 0.29) is 48.4 Å². The Bertz CT molecular complexity index is 1750. The van der Waals surface area contributed by atoms with E-state index in [1.165, 1.54) is 4.90 Å². The van der Waals surface area contributed by atoms with Crippen LogP contribution in [0.2, 0.25) is 0 Å². The van der Waals surface area contributed by atoms with E-state index in [1.54, 1.807) is 34.3 Å². The number of rotatable bonds is 10. The van der Waals surface area contributed by atoms with Crippen LogP contribution < -0.4 is 10.6 Å². The predicted octanol–water partition coefficient (Wildman–Crippen LogP) is 1.70. The zero-order chi connectivity index (χ0) is 35.4. The molecule has 2 aromatic rings. The minimum absolute atomic E-state index is 0.00296. The van der Waals surface area contributed by atoms with Crippen LogP contribution in [-0.4, -0.2) is 113 Å². The number of nitrogens with zero attached hydrogens (tertiary/aromatic N) is 3. The number of benzene rings is 2. The number of aryl methyl sites for hydroxylation is 1. The number of aliphatic hydroxyl groups excluding tert-OH is 2.